The van der Waals surface area contributed by atoms with Gasteiger partial charge in [-0.05, 0) is 154 Å². The summed E-state index contributed by atoms with van der Waals surface area (Å²) in [6.07, 6.45) is 7.31. The van der Waals surface area contributed by atoms with E-state index in [1.165, 1.54) is 16.7 Å². The number of aromatic nitrogens is 9. The maximum absolute atomic E-state index is 5.40. The molecule has 9 heteroatoms. The zero-order valence-electron chi connectivity index (χ0n) is 53.9. The van der Waals surface area contributed by atoms with Crippen LogP contribution in [0.1, 0.15) is 0 Å². The second-order valence-electron chi connectivity index (χ2n) is 24.8. The minimum atomic E-state index is 0.790. The molecule has 0 unspecified atom stereocenters. The van der Waals surface area contributed by atoms with Crippen molar-refractivity contribution in [1.29, 1.82) is 0 Å². The summed E-state index contributed by atoms with van der Waals surface area (Å²) in [6, 6.07) is 111. The summed E-state index contributed by atoms with van der Waals surface area (Å²) in [7, 11) is 0. The molecule has 9 aromatic heterocycles. The maximum atomic E-state index is 5.40. The van der Waals surface area contributed by atoms with Gasteiger partial charge in [0, 0.05) is 102 Å². The Morgan fingerprint density at radius 1 is 0.170 bits per heavy atom. The number of nitrogens with zero attached hydrogens (tertiary/aromatic N) is 9. The Morgan fingerprint density at radius 3 is 0.990 bits per heavy atom. The molecule has 0 aliphatic carbocycles. The molecule has 10 aromatic carbocycles. The molecule has 100 heavy (non-hydrogen) atoms. The van der Waals surface area contributed by atoms with Gasteiger partial charge in [-0.2, -0.15) is 0 Å². The van der Waals surface area contributed by atoms with Crippen molar-refractivity contribution in [3.05, 3.63) is 346 Å². The fourth-order valence-corrected chi connectivity index (χ4v) is 14.0. The van der Waals surface area contributed by atoms with Crippen molar-refractivity contribution in [2.24, 2.45) is 0 Å². The number of hydrogen-bond acceptors (Lipinski definition) is 9. The van der Waals surface area contributed by atoms with Crippen LogP contribution in [0.4, 0.5) is 0 Å². The molecule has 9 heterocycles. The van der Waals surface area contributed by atoms with Crippen molar-refractivity contribution < 1.29 is 0 Å². The molecule has 0 amide bonds. The molecule has 0 spiro atoms. The van der Waals surface area contributed by atoms with Crippen LogP contribution < -0.4 is 0 Å². The van der Waals surface area contributed by atoms with E-state index in [9.17, 15) is 0 Å². The molecular weight excluding hydrogens is 1220 g/mol. The minimum Gasteiger partial charge on any atom is -0.256 e. The smallest absolute Gasteiger partial charge is 0.0978 e. The molecular formula is C91H57N9. The summed E-state index contributed by atoms with van der Waals surface area (Å²) in [5.74, 6) is 0. The molecule has 0 saturated heterocycles. The first-order valence-electron chi connectivity index (χ1n) is 33.4. The molecule has 0 atom stereocenters. The van der Waals surface area contributed by atoms with Gasteiger partial charge in [-0.1, -0.05) is 200 Å². The standard InChI is InChI=1S/C48H30N4.C43H27N5/c1-2-12-31(13-3-1)46-40-16-6-7-19-44(40)52-48-41(46)22-20-32-21-25-45(51-47(32)48)39-24-23-36(37-14-4-5-15-38(37)39)33-28-34(42-17-8-10-26-49-42)30-35(29-33)43-18-9-11-27-50-43;1-2-11-28(12-3-1)41-33-13-4-5-16-38(33)47-43-34(41)21-19-29-20-22-40(48-42(29)43)39-18-10-17-37(46-39)32-26-30(35-14-6-8-23-44-35)25-31(27-32)36-15-7-9-24-45-36/h1-30H;1-27H. The lowest BCUT2D eigenvalue weighted by Crippen LogP contribution is -1.95. The van der Waals surface area contributed by atoms with Crippen molar-refractivity contribution in [2.45, 2.75) is 0 Å². The van der Waals surface area contributed by atoms with Crippen LogP contribution >= 0.6 is 0 Å². The monoisotopic (exact) mass is 1280 g/mol. The van der Waals surface area contributed by atoms with Crippen LogP contribution in [-0.2, 0) is 0 Å². The Labute approximate surface area is 576 Å². The van der Waals surface area contributed by atoms with E-state index in [2.05, 4.69) is 244 Å². The topological polar surface area (TPSA) is 116 Å². The van der Waals surface area contributed by atoms with Crippen LogP contribution in [0, 0.1) is 0 Å². The molecule has 19 aromatic rings. The number of rotatable bonds is 10. The van der Waals surface area contributed by atoms with E-state index in [0.717, 1.165) is 172 Å². The van der Waals surface area contributed by atoms with Gasteiger partial charge in [0.2, 0.25) is 0 Å². The highest BCUT2D eigenvalue weighted by molar-refractivity contribution is 6.18. The molecule has 19 rings (SSSR count). The summed E-state index contributed by atoms with van der Waals surface area (Å²) in [6.45, 7) is 0. The van der Waals surface area contributed by atoms with E-state index < -0.39 is 0 Å². The molecule has 0 aliphatic heterocycles. The highest BCUT2D eigenvalue weighted by Gasteiger charge is 2.20. The first-order valence-corrected chi connectivity index (χ1v) is 33.4. The van der Waals surface area contributed by atoms with Gasteiger partial charge < -0.3 is 0 Å². The summed E-state index contributed by atoms with van der Waals surface area (Å²) in [5, 5.41) is 8.82. The number of pyridine rings is 9. The number of para-hydroxylation sites is 2. The second kappa shape index (κ2) is 25.5. The highest BCUT2D eigenvalue weighted by Crippen LogP contribution is 2.43. The van der Waals surface area contributed by atoms with Crippen LogP contribution in [0.3, 0.4) is 0 Å². The Balaban J connectivity index is 0.000000145. The fraction of sp³-hybridized carbons (Fsp3) is 0. The quantitative estimate of drug-likeness (QED) is 0.0975. The van der Waals surface area contributed by atoms with E-state index in [1.807, 2.05) is 122 Å². The summed E-state index contributed by atoms with van der Waals surface area (Å²) >= 11 is 0. The summed E-state index contributed by atoms with van der Waals surface area (Å²) in [5.41, 5.74) is 25.5. The van der Waals surface area contributed by atoms with E-state index >= 15 is 0 Å². The summed E-state index contributed by atoms with van der Waals surface area (Å²) < 4.78 is 0. The van der Waals surface area contributed by atoms with E-state index in [1.54, 1.807) is 0 Å². The average Bonchev–Trinajstić information content (AvgIpc) is 0.745. The van der Waals surface area contributed by atoms with Gasteiger partial charge in [0.1, 0.15) is 0 Å². The van der Waals surface area contributed by atoms with Gasteiger partial charge in [0.15, 0.2) is 0 Å². The van der Waals surface area contributed by atoms with Gasteiger partial charge in [0.05, 0.1) is 78.7 Å². The van der Waals surface area contributed by atoms with E-state index in [0.29, 0.717) is 0 Å². The van der Waals surface area contributed by atoms with Gasteiger partial charge >= 0.3 is 0 Å². The van der Waals surface area contributed by atoms with Crippen LogP contribution in [0.5, 0.6) is 0 Å². The predicted molar refractivity (Wildman–Crippen MR) is 410 cm³/mol. The van der Waals surface area contributed by atoms with Crippen molar-refractivity contribution in [3.63, 3.8) is 0 Å². The van der Waals surface area contributed by atoms with Crippen LogP contribution in [0.25, 0.3) is 189 Å². The zero-order chi connectivity index (χ0) is 66.3. The Bertz CT molecular complexity index is 6200. The van der Waals surface area contributed by atoms with Crippen molar-refractivity contribution >= 4 is 76.2 Å². The maximum Gasteiger partial charge on any atom is 0.0978 e. The largest absolute Gasteiger partial charge is 0.256 e. The Hall–Kier alpha value is -13.6. The lowest BCUT2D eigenvalue weighted by molar-refractivity contribution is 1.27. The lowest BCUT2D eigenvalue weighted by Gasteiger charge is -2.15. The molecule has 466 valence electrons. The van der Waals surface area contributed by atoms with E-state index in [4.69, 9.17) is 24.9 Å². The van der Waals surface area contributed by atoms with Crippen LogP contribution in [0.15, 0.2) is 346 Å². The fourth-order valence-electron chi connectivity index (χ4n) is 14.0. The molecule has 0 bridgehead atoms. The summed E-state index contributed by atoms with van der Waals surface area (Å²) in [4.78, 5) is 44.8. The third-order valence-electron chi connectivity index (χ3n) is 18.7. The molecule has 0 saturated carbocycles. The third-order valence-corrected chi connectivity index (χ3v) is 18.7. The molecule has 9 nitrogen and oxygen atoms in total. The number of benzene rings is 10. The first kappa shape index (κ1) is 58.9. The van der Waals surface area contributed by atoms with E-state index in [-0.39, 0.29) is 0 Å². The van der Waals surface area contributed by atoms with Gasteiger partial charge in [0.25, 0.3) is 0 Å². The predicted octanol–water partition coefficient (Wildman–Crippen LogP) is 22.7. The molecule has 0 aliphatic rings. The normalized spacial score (nSPS) is 11.4. The van der Waals surface area contributed by atoms with Crippen molar-refractivity contribution in [3.8, 4) is 112 Å². The Kier molecular flexibility index (Phi) is 15.0. The van der Waals surface area contributed by atoms with Crippen LogP contribution in [-0.4, -0.2) is 44.9 Å². The Morgan fingerprint density at radius 2 is 0.520 bits per heavy atom. The van der Waals surface area contributed by atoms with Crippen molar-refractivity contribution in [1.82, 2.24) is 44.9 Å². The van der Waals surface area contributed by atoms with Crippen molar-refractivity contribution in [2.75, 3.05) is 0 Å². The van der Waals surface area contributed by atoms with Crippen LogP contribution in [0.2, 0.25) is 0 Å². The number of fused-ring (bicyclic) bond motifs is 9. The number of hydrogen-bond donors (Lipinski definition) is 0. The molecule has 0 fully saturated rings. The van der Waals surface area contributed by atoms with Gasteiger partial charge in [-0.25, -0.2) is 24.9 Å². The minimum absolute atomic E-state index is 0.790. The highest BCUT2D eigenvalue weighted by atomic mass is 14.8. The van der Waals surface area contributed by atoms with Gasteiger partial charge in [-0.3, -0.25) is 19.9 Å². The SMILES string of the molecule is c1ccc(-c2c3ccccc3nc3c2ccc2ccc(-c4ccc(-c5cc(-c6ccccn6)cc(-c6ccccn6)c5)c5ccccc45)nc23)cc1.c1ccc(-c2c3ccccc3nc3c2ccc2ccc(-c4cccc(-c5cc(-c6ccccn6)cc(-c6ccccn6)c5)n4)nc23)cc1. The zero-order valence-corrected chi connectivity index (χ0v) is 53.9. The third kappa shape index (κ3) is 11.0. The lowest BCUT2D eigenvalue weighted by atomic mass is 9.91. The first-order chi connectivity index (χ1) is 49.6. The average molecular weight is 1280 g/mol. The van der Waals surface area contributed by atoms with Gasteiger partial charge in [-0.15, -0.1) is 0 Å². The second-order valence-corrected chi connectivity index (χ2v) is 24.8. The molecule has 0 N–H and O–H groups in total. The molecule has 0 radical (unpaired) electrons.